The molecule has 0 amide bonds. The van der Waals surface area contributed by atoms with E-state index in [1.165, 1.54) is 25.9 Å². The van der Waals surface area contributed by atoms with Crippen LogP contribution >= 0.6 is 0 Å². The lowest BCUT2D eigenvalue weighted by molar-refractivity contribution is 0.163. The third kappa shape index (κ3) is 3.41. The SMILES string of the molecule is CNC1COCC1CN(C)CC1CCCN1C. The molecule has 4 heteroatoms. The van der Waals surface area contributed by atoms with Crippen LogP contribution in [0.15, 0.2) is 0 Å². The highest BCUT2D eigenvalue weighted by Crippen LogP contribution is 2.18. The molecular weight excluding hydrogens is 214 g/mol. The van der Waals surface area contributed by atoms with Crippen LogP contribution in [0, 0.1) is 5.92 Å². The number of hydrogen-bond donors (Lipinski definition) is 1. The van der Waals surface area contributed by atoms with Crippen molar-refractivity contribution in [1.29, 1.82) is 0 Å². The lowest BCUT2D eigenvalue weighted by Gasteiger charge is -2.28. The van der Waals surface area contributed by atoms with Crippen LogP contribution in [0.1, 0.15) is 12.8 Å². The molecule has 2 aliphatic heterocycles. The van der Waals surface area contributed by atoms with Crippen LogP contribution in [0.3, 0.4) is 0 Å². The summed E-state index contributed by atoms with van der Waals surface area (Å²) < 4.78 is 5.55. The molecule has 0 bridgehead atoms. The molecule has 0 aromatic heterocycles. The van der Waals surface area contributed by atoms with Crippen molar-refractivity contribution in [2.45, 2.75) is 24.9 Å². The van der Waals surface area contributed by atoms with E-state index in [2.05, 4.69) is 29.2 Å². The zero-order valence-electron chi connectivity index (χ0n) is 11.5. The molecule has 2 heterocycles. The van der Waals surface area contributed by atoms with E-state index in [0.717, 1.165) is 25.8 Å². The van der Waals surface area contributed by atoms with E-state index in [-0.39, 0.29) is 0 Å². The molecule has 4 nitrogen and oxygen atoms in total. The molecule has 0 saturated carbocycles. The molecule has 17 heavy (non-hydrogen) atoms. The lowest BCUT2D eigenvalue weighted by atomic mass is 10.0. The molecule has 0 aliphatic carbocycles. The highest BCUT2D eigenvalue weighted by atomic mass is 16.5. The Morgan fingerprint density at radius 2 is 2.18 bits per heavy atom. The van der Waals surface area contributed by atoms with Crippen LogP contribution in [0.5, 0.6) is 0 Å². The molecule has 2 fully saturated rings. The Labute approximate surface area is 105 Å². The molecule has 100 valence electrons. The number of nitrogens with one attached hydrogen (secondary N) is 1. The first-order chi connectivity index (χ1) is 8.20. The summed E-state index contributed by atoms with van der Waals surface area (Å²) in [6.45, 7) is 5.40. The topological polar surface area (TPSA) is 27.7 Å². The maximum atomic E-state index is 5.55. The summed E-state index contributed by atoms with van der Waals surface area (Å²) in [6.07, 6.45) is 2.72. The normalized spacial score (nSPS) is 34.9. The number of hydrogen-bond acceptors (Lipinski definition) is 4. The quantitative estimate of drug-likeness (QED) is 0.746. The molecule has 2 rings (SSSR count). The first kappa shape index (κ1) is 13.3. The number of likely N-dealkylation sites (tertiary alicyclic amines) is 1. The fourth-order valence-electron chi connectivity index (χ4n) is 3.14. The smallest absolute Gasteiger partial charge is 0.0623 e. The standard InChI is InChI=1S/C13H27N3O/c1-14-13-10-17-9-11(13)7-15(2)8-12-5-4-6-16(12)3/h11-14H,4-10H2,1-3H3. The minimum atomic E-state index is 0.541. The molecular formula is C13H27N3O. The predicted molar refractivity (Wildman–Crippen MR) is 70.3 cm³/mol. The summed E-state index contributed by atoms with van der Waals surface area (Å²) in [7, 11) is 6.54. The third-order valence-electron chi connectivity index (χ3n) is 4.31. The summed E-state index contributed by atoms with van der Waals surface area (Å²) in [5.41, 5.74) is 0. The molecule has 2 aliphatic rings. The van der Waals surface area contributed by atoms with Crippen molar-refractivity contribution < 1.29 is 4.74 Å². The molecule has 1 N–H and O–H groups in total. The van der Waals surface area contributed by atoms with E-state index in [1.807, 2.05) is 7.05 Å². The molecule has 3 unspecified atom stereocenters. The van der Waals surface area contributed by atoms with Crippen molar-refractivity contribution in [3.05, 3.63) is 0 Å². The lowest BCUT2D eigenvalue weighted by Crippen LogP contribution is -2.43. The Hall–Kier alpha value is -0.160. The van der Waals surface area contributed by atoms with E-state index in [0.29, 0.717) is 12.0 Å². The second-order valence-electron chi connectivity index (χ2n) is 5.69. The number of ether oxygens (including phenoxy) is 1. The molecule has 3 atom stereocenters. The van der Waals surface area contributed by atoms with Crippen molar-refractivity contribution in [2.24, 2.45) is 5.92 Å². The zero-order valence-corrected chi connectivity index (χ0v) is 11.5. The summed E-state index contributed by atoms with van der Waals surface area (Å²) in [5.74, 6) is 0.650. The van der Waals surface area contributed by atoms with Gasteiger partial charge in [-0.05, 0) is 40.5 Å². The van der Waals surface area contributed by atoms with Gasteiger partial charge in [-0.1, -0.05) is 0 Å². The number of rotatable bonds is 5. The highest BCUT2D eigenvalue weighted by Gasteiger charge is 2.29. The molecule has 0 radical (unpaired) electrons. The minimum Gasteiger partial charge on any atom is -0.379 e. The average Bonchev–Trinajstić information content (AvgIpc) is 2.89. The van der Waals surface area contributed by atoms with Gasteiger partial charge < -0.3 is 19.9 Å². The fraction of sp³-hybridized carbons (Fsp3) is 1.00. The summed E-state index contributed by atoms with van der Waals surface area (Å²) in [5, 5.41) is 3.36. The minimum absolute atomic E-state index is 0.541. The summed E-state index contributed by atoms with van der Waals surface area (Å²) >= 11 is 0. The van der Waals surface area contributed by atoms with Crippen molar-refractivity contribution in [3.8, 4) is 0 Å². The third-order valence-corrected chi connectivity index (χ3v) is 4.31. The molecule has 0 spiro atoms. The van der Waals surface area contributed by atoms with E-state index >= 15 is 0 Å². The van der Waals surface area contributed by atoms with Crippen LogP contribution in [-0.4, -0.2) is 75.9 Å². The van der Waals surface area contributed by atoms with Crippen molar-refractivity contribution in [2.75, 3.05) is 54.0 Å². The Bertz CT molecular complexity index is 237. The zero-order chi connectivity index (χ0) is 12.3. The molecule has 0 aromatic carbocycles. The van der Waals surface area contributed by atoms with Crippen LogP contribution in [-0.2, 0) is 4.74 Å². The maximum Gasteiger partial charge on any atom is 0.0623 e. The van der Waals surface area contributed by atoms with Gasteiger partial charge in [-0.15, -0.1) is 0 Å². The van der Waals surface area contributed by atoms with Gasteiger partial charge in [-0.25, -0.2) is 0 Å². The van der Waals surface area contributed by atoms with Gasteiger partial charge in [0.1, 0.15) is 0 Å². The van der Waals surface area contributed by atoms with E-state index in [4.69, 9.17) is 4.74 Å². The largest absolute Gasteiger partial charge is 0.379 e. The molecule has 2 saturated heterocycles. The van der Waals surface area contributed by atoms with Gasteiger partial charge in [0, 0.05) is 31.1 Å². The van der Waals surface area contributed by atoms with Gasteiger partial charge in [-0.2, -0.15) is 0 Å². The van der Waals surface area contributed by atoms with E-state index in [9.17, 15) is 0 Å². The number of likely N-dealkylation sites (N-methyl/N-ethyl adjacent to an activating group) is 3. The monoisotopic (exact) mass is 241 g/mol. The highest BCUT2D eigenvalue weighted by molar-refractivity contribution is 4.84. The number of nitrogens with zero attached hydrogens (tertiary/aromatic N) is 2. The van der Waals surface area contributed by atoms with Gasteiger partial charge in [0.25, 0.3) is 0 Å². The van der Waals surface area contributed by atoms with Gasteiger partial charge in [-0.3, -0.25) is 0 Å². The predicted octanol–water partition coefficient (Wildman–Crippen LogP) is 0.247. The van der Waals surface area contributed by atoms with E-state index in [1.54, 1.807) is 0 Å². The van der Waals surface area contributed by atoms with Crippen molar-refractivity contribution in [3.63, 3.8) is 0 Å². The Morgan fingerprint density at radius 3 is 2.82 bits per heavy atom. The van der Waals surface area contributed by atoms with Gasteiger partial charge in [0.2, 0.25) is 0 Å². The molecule has 0 aromatic rings. The van der Waals surface area contributed by atoms with Gasteiger partial charge >= 0.3 is 0 Å². The van der Waals surface area contributed by atoms with Crippen LogP contribution in [0.4, 0.5) is 0 Å². The average molecular weight is 241 g/mol. The Morgan fingerprint density at radius 1 is 1.35 bits per heavy atom. The van der Waals surface area contributed by atoms with Crippen LogP contribution in [0.2, 0.25) is 0 Å². The first-order valence-corrected chi connectivity index (χ1v) is 6.84. The first-order valence-electron chi connectivity index (χ1n) is 6.84. The summed E-state index contributed by atoms with van der Waals surface area (Å²) in [6, 6.07) is 1.30. The summed E-state index contributed by atoms with van der Waals surface area (Å²) in [4.78, 5) is 4.98. The van der Waals surface area contributed by atoms with Crippen LogP contribution < -0.4 is 5.32 Å². The van der Waals surface area contributed by atoms with Gasteiger partial charge in [0.05, 0.1) is 13.2 Å². The van der Waals surface area contributed by atoms with Crippen LogP contribution in [0.25, 0.3) is 0 Å². The Kier molecular flexibility index (Phi) is 4.79. The van der Waals surface area contributed by atoms with E-state index < -0.39 is 0 Å². The van der Waals surface area contributed by atoms with Gasteiger partial charge in [0.15, 0.2) is 0 Å². The van der Waals surface area contributed by atoms with Crippen molar-refractivity contribution in [1.82, 2.24) is 15.1 Å². The van der Waals surface area contributed by atoms with Crippen molar-refractivity contribution >= 4 is 0 Å². The second-order valence-corrected chi connectivity index (χ2v) is 5.69. The second kappa shape index (κ2) is 6.14. The fourth-order valence-corrected chi connectivity index (χ4v) is 3.14. The maximum absolute atomic E-state index is 5.55. The Balaban J connectivity index is 1.74.